The van der Waals surface area contributed by atoms with E-state index in [1.165, 1.54) is 0 Å². The Morgan fingerprint density at radius 1 is 0.944 bits per heavy atom. The van der Waals surface area contributed by atoms with Crippen LogP contribution in [0, 0.1) is 24.2 Å². The van der Waals surface area contributed by atoms with Gasteiger partial charge in [0.1, 0.15) is 12.4 Å². The fourth-order valence-corrected chi connectivity index (χ4v) is 1.49. The van der Waals surface area contributed by atoms with E-state index < -0.39 is 0 Å². The fraction of sp³-hybridized carbons (Fsp3) is 0.0588. The van der Waals surface area contributed by atoms with Gasteiger partial charge in [-0.05, 0) is 24.3 Å². The van der Waals surface area contributed by atoms with E-state index in [4.69, 9.17) is 11.2 Å². The number of hydrogen-bond donors (Lipinski definition) is 0. The predicted molar refractivity (Wildman–Crippen MR) is 73.2 cm³/mol. The van der Waals surface area contributed by atoms with Crippen LogP contribution in [0.25, 0.3) is 0 Å². The van der Waals surface area contributed by atoms with Crippen molar-refractivity contribution in [2.45, 2.75) is 0 Å². The highest BCUT2D eigenvalue weighted by Gasteiger charge is 1.97. The second-order valence-corrected chi connectivity index (χ2v) is 3.60. The largest absolute Gasteiger partial charge is 0.480 e. The van der Waals surface area contributed by atoms with Crippen LogP contribution in [0.1, 0.15) is 11.1 Å². The van der Waals surface area contributed by atoms with Crippen molar-refractivity contribution in [3.05, 3.63) is 65.7 Å². The molecule has 0 atom stereocenters. The van der Waals surface area contributed by atoms with Gasteiger partial charge in [0.05, 0.1) is 5.56 Å². The van der Waals surface area contributed by atoms with E-state index in [-0.39, 0.29) is 0 Å². The third kappa shape index (κ3) is 3.17. The summed E-state index contributed by atoms with van der Waals surface area (Å²) >= 11 is 0. The van der Waals surface area contributed by atoms with Crippen molar-refractivity contribution in [1.29, 1.82) is 0 Å². The molecule has 0 amide bonds. The molecule has 0 radical (unpaired) electrons. The van der Waals surface area contributed by atoms with Crippen LogP contribution in [-0.4, -0.2) is 6.61 Å². The first-order chi connectivity index (χ1) is 8.90. The Kier molecular flexibility index (Phi) is 4.07. The zero-order chi connectivity index (χ0) is 12.6. The average molecular weight is 232 g/mol. The summed E-state index contributed by atoms with van der Waals surface area (Å²) in [6, 6.07) is 17.3. The zero-order valence-corrected chi connectivity index (χ0v) is 9.89. The van der Waals surface area contributed by atoms with Crippen LogP contribution in [0.15, 0.2) is 54.6 Å². The highest BCUT2D eigenvalue weighted by atomic mass is 16.5. The Morgan fingerprint density at radius 2 is 1.67 bits per heavy atom. The minimum Gasteiger partial charge on any atom is -0.480 e. The first-order valence-corrected chi connectivity index (χ1v) is 5.62. The minimum absolute atomic E-state index is 0.327. The molecule has 86 valence electrons. The first kappa shape index (κ1) is 11.8. The van der Waals surface area contributed by atoms with E-state index in [9.17, 15) is 0 Å². The number of benzene rings is 2. The Hall–Kier alpha value is -2.64. The second kappa shape index (κ2) is 6.18. The van der Waals surface area contributed by atoms with Gasteiger partial charge in [-0.25, -0.2) is 0 Å². The average Bonchev–Trinajstić information content (AvgIpc) is 2.45. The topological polar surface area (TPSA) is 9.23 Å². The molecule has 0 fully saturated rings. The Labute approximate surface area is 107 Å². The summed E-state index contributed by atoms with van der Waals surface area (Å²) in [5.74, 6) is 9.26. The minimum atomic E-state index is 0.327. The molecule has 0 aromatic heterocycles. The van der Waals surface area contributed by atoms with E-state index in [0.29, 0.717) is 12.4 Å². The Morgan fingerprint density at radius 3 is 2.44 bits per heavy atom. The van der Waals surface area contributed by atoms with Crippen LogP contribution < -0.4 is 4.74 Å². The van der Waals surface area contributed by atoms with Gasteiger partial charge in [-0.3, -0.25) is 0 Å². The number of rotatable bonds is 2. The van der Waals surface area contributed by atoms with Gasteiger partial charge in [-0.2, -0.15) is 0 Å². The molecular weight excluding hydrogens is 220 g/mol. The maximum absolute atomic E-state index is 5.53. The fourth-order valence-electron chi connectivity index (χ4n) is 1.49. The SMILES string of the molecule is C#Cc1ccccc1OCC#Cc1ccccc1. The third-order valence-corrected chi connectivity index (χ3v) is 2.35. The van der Waals surface area contributed by atoms with Crippen molar-refractivity contribution in [3.8, 4) is 29.9 Å². The summed E-state index contributed by atoms with van der Waals surface area (Å²) in [5, 5.41) is 0. The van der Waals surface area contributed by atoms with Gasteiger partial charge in [-0.1, -0.05) is 48.1 Å². The van der Waals surface area contributed by atoms with Crippen molar-refractivity contribution in [2.24, 2.45) is 0 Å². The molecule has 1 nitrogen and oxygen atoms in total. The second-order valence-electron chi connectivity index (χ2n) is 3.60. The summed E-state index contributed by atoms with van der Waals surface area (Å²) in [4.78, 5) is 0. The zero-order valence-electron chi connectivity index (χ0n) is 9.89. The molecule has 1 heteroatoms. The molecule has 2 rings (SSSR count). The van der Waals surface area contributed by atoms with Crippen molar-refractivity contribution in [1.82, 2.24) is 0 Å². The lowest BCUT2D eigenvalue weighted by Crippen LogP contribution is -1.96. The monoisotopic (exact) mass is 232 g/mol. The first-order valence-electron chi connectivity index (χ1n) is 5.62. The van der Waals surface area contributed by atoms with Gasteiger partial charge in [0, 0.05) is 5.56 Å². The quantitative estimate of drug-likeness (QED) is 0.723. The van der Waals surface area contributed by atoms with Crippen LogP contribution in [0.4, 0.5) is 0 Å². The van der Waals surface area contributed by atoms with Crippen LogP contribution in [0.5, 0.6) is 5.75 Å². The smallest absolute Gasteiger partial charge is 0.149 e. The van der Waals surface area contributed by atoms with Crippen molar-refractivity contribution < 1.29 is 4.74 Å². The van der Waals surface area contributed by atoms with Crippen LogP contribution in [-0.2, 0) is 0 Å². The molecule has 0 heterocycles. The standard InChI is InChI=1S/C17H12O/c1-2-16-12-6-7-13-17(16)18-14-8-11-15-9-4-3-5-10-15/h1,3-7,9-10,12-13H,14H2. The van der Waals surface area contributed by atoms with E-state index in [0.717, 1.165) is 11.1 Å². The summed E-state index contributed by atoms with van der Waals surface area (Å²) in [6.45, 7) is 0.327. The van der Waals surface area contributed by atoms with Gasteiger partial charge >= 0.3 is 0 Å². The molecule has 0 saturated carbocycles. The van der Waals surface area contributed by atoms with Crippen molar-refractivity contribution >= 4 is 0 Å². The molecule has 0 bridgehead atoms. The van der Waals surface area contributed by atoms with Crippen LogP contribution >= 0.6 is 0 Å². The molecule has 0 aliphatic heterocycles. The van der Waals surface area contributed by atoms with E-state index >= 15 is 0 Å². The molecule has 0 aliphatic rings. The molecule has 0 N–H and O–H groups in total. The predicted octanol–water partition coefficient (Wildman–Crippen LogP) is 3.10. The van der Waals surface area contributed by atoms with Gasteiger partial charge < -0.3 is 4.74 Å². The van der Waals surface area contributed by atoms with Gasteiger partial charge in [0.15, 0.2) is 0 Å². The molecule has 0 spiro atoms. The Bertz CT molecular complexity index is 609. The normalized spacial score (nSPS) is 8.83. The summed E-state index contributed by atoms with van der Waals surface area (Å²) in [5.41, 5.74) is 1.73. The van der Waals surface area contributed by atoms with Crippen LogP contribution in [0.2, 0.25) is 0 Å². The van der Waals surface area contributed by atoms with Gasteiger partial charge in [0.25, 0.3) is 0 Å². The molecule has 0 aliphatic carbocycles. The molecule has 0 saturated heterocycles. The van der Waals surface area contributed by atoms with E-state index in [1.54, 1.807) is 0 Å². The maximum atomic E-state index is 5.53. The van der Waals surface area contributed by atoms with Crippen molar-refractivity contribution in [2.75, 3.05) is 6.61 Å². The molecule has 2 aromatic carbocycles. The number of terminal acetylenes is 1. The lowest BCUT2D eigenvalue weighted by atomic mass is 10.2. The summed E-state index contributed by atoms with van der Waals surface area (Å²) < 4.78 is 5.53. The molecular formula is C17H12O. The Balaban J connectivity index is 1.98. The van der Waals surface area contributed by atoms with E-state index in [2.05, 4.69) is 17.8 Å². The summed E-state index contributed by atoms with van der Waals surface area (Å²) in [7, 11) is 0. The van der Waals surface area contributed by atoms with Crippen LogP contribution in [0.3, 0.4) is 0 Å². The highest BCUT2D eigenvalue weighted by molar-refractivity contribution is 5.44. The summed E-state index contributed by atoms with van der Waals surface area (Å²) in [6.07, 6.45) is 5.38. The number of para-hydroxylation sites is 1. The lowest BCUT2D eigenvalue weighted by molar-refractivity contribution is 0.369. The molecule has 18 heavy (non-hydrogen) atoms. The van der Waals surface area contributed by atoms with Gasteiger partial charge in [-0.15, -0.1) is 6.42 Å². The number of hydrogen-bond acceptors (Lipinski definition) is 1. The lowest BCUT2D eigenvalue weighted by Gasteiger charge is -2.03. The van der Waals surface area contributed by atoms with Crippen molar-refractivity contribution in [3.63, 3.8) is 0 Å². The maximum Gasteiger partial charge on any atom is 0.149 e. The van der Waals surface area contributed by atoms with Gasteiger partial charge in [0.2, 0.25) is 0 Å². The number of ether oxygens (including phenoxy) is 1. The van der Waals surface area contributed by atoms with E-state index in [1.807, 2.05) is 54.6 Å². The molecule has 2 aromatic rings. The highest BCUT2D eigenvalue weighted by Crippen LogP contribution is 2.15. The molecule has 0 unspecified atom stereocenters. The third-order valence-electron chi connectivity index (χ3n) is 2.35.